The van der Waals surface area contributed by atoms with E-state index in [0.717, 1.165) is 12.1 Å². The standard InChI is InChI=1S/C24H48N2S2/c1-21(2,3)25(19-13-10-11-14-19)23(7,8)17-18-24(9,28-27)26(22(4,5)6)20-15-12-16-20/h19-20,27H,10-18H2,1-9H3. The molecule has 0 aromatic heterocycles. The summed E-state index contributed by atoms with van der Waals surface area (Å²) < 4.78 is 0. The minimum absolute atomic E-state index is 0.0724. The monoisotopic (exact) mass is 428 g/mol. The lowest BCUT2D eigenvalue weighted by atomic mass is 9.83. The van der Waals surface area contributed by atoms with Crippen molar-refractivity contribution in [1.29, 1.82) is 0 Å². The van der Waals surface area contributed by atoms with Gasteiger partial charge in [0.25, 0.3) is 0 Å². The van der Waals surface area contributed by atoms with Gasteiger partial charge in [-0.25, -0.2) is 0 Å². The van der Waals surface area contributed by atoms with Crippen molar-refractivity contribution in [3.8, 4) is 0 Å². The van der Waals surface area contributed by atoms with Crippen LogP contribution in [0.5, 0.6) is 0 Å². The number of rotatable bonds is 8. The van der Waals surface area contributed by atoms with Crippen molar-refractivity contribution in [2.45, 2.75) is 154 Å². The summed E-state index contributed by atoms with van der Waals surface area (Å²) in [5.74, 6) is 0. The van der Waals surface area contributed by atoms with Crippen molar-refractivity contribution < 1.29 is 0 Å². The fourth-order valence-electron chi connectivity index (χ4n) is 6.27. The van der Waals surface area contributed by atoms with Gasteiger partial charge >= 0.3 is 0 Å². The van der Waals surface area contributed by atoms with Crippen LogP contribution in [0.25, 0.3) is 0 Å². The van der Waals surface area contributed by atoms with E-state index >= 15 is 0 Å². The van der Waals surface area contributed by atoms with Gasteiger partial charge in [-0.05, 0) is 101 Å². The molecule has 0 bridgehead atoms. The highest BCUT2D eigenvalue weighted by molar-refractivity contribution is 8.69. The molecular weight excluding hydrogens is 380 g/mol. The first-order chi connectivity index (χ1) is 12.7. The predicted octanol–water partition coefficient (Wildman–Crippen LogP) is 7.54. The summed E-state index contributed by atoms with van der Waals surface area (Å²) in [5, 5.41) is 0. The molecule has 0 spiro atoms. The average molecular weight is 429 g/mol. The van der Waals surface area contributed by atoms with Crippen molar-refractivity contribution >= 4 is 22.5 Å². The molecule has 0 radical (unpaired) electrons. The largest absolute Gasteiger partial charge is 0.290 e. The molecule has 0 amide bonds. The van der Waals surface area contributed by atoms with E-state index < -0.39 is 0 Å². The van der Waals surface area contributed by atoms with Crippen molar-refractivity contribution in [2.75, 3.05) is 0 Å². The van der Waals surface area contributed by atoms with E-state index in [0.29, 0.717) is 0 Å². The van der Waals surface area contributed by atoms with Crippen LogP contribution in [-0.2, 0) is 0 Å². The Labute approximate surface area is 185 Å². The lowest BCUT2D eigenvalue weighted by Gasteiger charge is -2.56. The van der Waals surface area contributed by atoms with Crippen LogP contribution >= 0.6 is 22.5 Å². The van der Waals surface area contributed by atoms with Gasteiger partial charge in [-0.1, -0.05) is 30.1 Å². The maximum atomic E-state index is 4.82. The number of hydrogen-bond acceptors (Lipinski definition) is 4. The van der Waals surface area contributed by atoms with E-state index in [1.807, 2.05) is 0 Å². The highest BCUT2D eigenvalue weighted by atomic mass is 33.1. The topological polar surface area (TPSA) is 6.48 Å². The highest BCUT2D eigenvalue weighted by Gasteiger charge is 2.47. The second-order valence-corrected chi connectivity index (χ2v) is 13.8. The zero-order chi connectivity index (χ0) is 21.4. The van der Waals surface area contributed by atoms with Crippen LogP contribution in [0.4, 0.5) is 0 Å². The molecule has 1 unspecified atom stereocenters. The summed E-state index contributed by atoms with van der Waals surface area (Å²) in [7, 11) is 1.78. The zero-order valence-corrected chi connectivity index (χ0v) is 22.0. The molecule has 1 atom stereocenters. The maximum absolute atomic E-state index is 4.82. The normalized spacial score (nSPS) is 22.7. The Balaban J connectivity index is 2.20. The SMILES string of the molecule is CC(C)(C)N(C1CCCC1)C(C)(C)CCC(C)(SS)N(C1CCC1)C(C)(C)C. The quantitative estimate of drug-likeness (QED) is 0.242. The summed E-state index contributed by atoms with van der Waals surface area (Å²) >= 11 is 4.82. The molecule has 28 heavy (non-hydrogen) atoms. The second-order valence-electron chi connectivity index (χ2n) is 12.2. The van der Waals surface area contributed by atoms with Gasteiger partial charge in [0.2, 0.25) is 0 Å². The van der Waals surface area contributed by atoms with E-state index in [9.17, 15) is 0 Å². The molecule has 0 N–H and O–H groups in total. The summed E-state index contributed by atoms with van der Waals surface area (Å²) in [4.78, 5) is 5.73. The van der Waals surface area contributed by atoms with E-state index in [-0.39, 0.29) is 21.5 Å². The molecular formula is C24H48N2S2. The average Bonchev–Trinajstić information content (AvgIpc) is 2.99. The molecule has 2 nitrogen and oxygen atoms in total. The van der Waals surface area contributed by atoms with Gasteiger partial charge < -0.3 is 0 Å². The van der Waals surface area contributed by atoms with Crippen molar-refractivity contribution in [1.82, 2.24) is 9.80 Å². The lowest BCUT2D eigenvalue weighted by Crippen LogP contribution is -2.62. The van der Waals surface area contributed by atoms with Gasteiger partial charge in [-0.2, -0.15) is 0 Å². The second kappa shape index (κ2) is 9.01. The van der Waals surface area contributed by atoms with Gasteiger partial charge in [0.05, 0.1) is 4.87 Å². The Morgan fingerprint density at radius 3 is 1.46 bits per heavy atom. The lowest BCUT2D eigenvalue weighted by molar-refractivity contribution is -0.0411. The van der Waals surface area contributed by atoms with Gasteiger partial charge in [0.1, 0.15) is 0 Å². The molecule has 2 aliphatic carbocycles. The molecule has 2 saturated carbocycles. The van der Waals surface area contributed by atoms with Crippen LogP contribution in [0, 0.1) is 0 Å². The third-order valence-corrected chi connectivity index (χ3v) is 9.11. The fourth-order valence-corrected chi connectivity index (χ4v) is 7.51. The molecule has 0 saturated heterocycles. The summed E-state index contributed by atoms with van der Waals surface area (Å²) in [6, 6.07) is 1.47. The molecule has 0 aromatic rings. The van der Waals surface area contributed by atoms with Gasteiger partial charge in [0.15, 0.2) is 0 Å². The molecule has 4 heteroatoms. The molecule has 166 valence electrons. The zero-order valence-electron chi connectivity index (χ0n) is 20.3. The van der Waals surface area contributed by atoms with Crippen LogP contribution in [0.3, 0.4) is 0 Å². The summed E-state index contributed by atoms with van der Waals surface area (Å²) in [6.07, 6.45) is 12.0. The maximum Gasteiger partial charge on any atom is 0.0749 e. The molecule has 2 rings (SSSR count). The third-order valence-electron chi connectivity index (χ3n) is 7.13. The third kappa shape index (κ3) is 5.65. The van der Waals surface area contributed by atoms with Gasteiger partial charge in [0, 0.05) is 28.7 Å². The Bertz CT molecular complexity index is 496. The first kappa shape index (κ1) is 24.9. The predicted molar refractivity (Wildman–Crippen MR) is 131 cm³/mol. The molecule has 2 aliphatic rings. The molecule has 2 fully saturated rings. The van der Waals surface area contributed by atoms with Crippen LogP contribution < -0.4 is 0 Å². The molecule has 0 heterocycles. The smallest absolute Gasteiger partial charge is 0.0749 e. The number of nitrogens with zero attached hydrogens (tertiary/aromatic N) is 2. The van der Waals surface area contributed by atoms with Crippen LogP contribution in [0.1, 0.15) is 120 Å². The first-order valence-corrected chi connectivity index (χ1v) is 13.5. The fraction of sp³-hybridized carbons (Fsp3) is 1.00. The van der Waals surface area contributed by atoms with Crippen molar-refractivity contribution in [3.05, 3.63) is 0 Å². The van der Waals surface area contributed by atoms with E-state index in [1.165, 1.54) is 57.8 Å². The number of thiol groups is 1. The minimum atomic E-state index is 0.0724. The summed E-state index contributed by atoms with van der Waals surface area (Å²) in [5.41, 5.74) is 0.580. The van der Waals surface area contributed by atoms with Crippen molar-refractivity contribution in [3.63, 3.8) is 0 Å². The summed E-state index contributed by atoms with van der Waals surface area (Å²) in [6.45, 7) is 21.8. The van der Waals surface area contributed by atoms with Crippen LogP contribution in [0.2, 0.25) is 0 Å². The molecule has 0 aromatic carbocycles. The van der Waals surface area contributed by atoms with Crippen LogP contribution in [-0.4, -0.2) is 43.4 Å². The minimum Gasteiger partial charge on any atom is -0.290 e. The van der Waals surface area contributed by atoms with Crippen molar-refractivity contribution in [2.24, 2.45) is 0 Å². The Hall–Kier alpha value is 0.620. The Morgan fingerprint density at radius 2 is 1.11 bits per heavy atom. The van der Waals surface area contributed by atoms with Gasteiger partial charge in [-0.15, -0.1) is 11.7 Å². The van der Waals surface area contributed by atoms with Gasteiger partial charge in [-0.3, -0.25) is 9.80 Å². The van der Waals surface area contributed by atoms with E-state index in [2.05, 4.69) is 72.1 Å². The van der Waals surface area contributed by atoms with E-state index in [1.54, 1.807) is 10.8 Å². The van der Waals surface area contributed by atoms with Crippen LogP contribution in [0.15, 0.2) is 0 Å². The highest BCUT2D eigenvalue weighted by Crippen LogP contribution is 2.47. The Morgan fingerprint density at radius 1 is 0.679 bits per heavy atom. The Kier molecular flexibility index (Phi) is 8.00. The number of hydrogen-bond donors (Lipinski definition) is 1. The first-order valence-electron chi connectivity index (χ1n) is 11.6. The van der Waals surface area contributed by atoms with E-state index in [4.69, 9.17) is 11.7 Å². The molecule has 0 aliphatic heterocycles.